The van der Waals surface area contributed by atoms with Gasteiger partial charge in [-0.15, -0.1) is 0 Å². The number of hydrogen-bond acceptors (Lipinski definition) is 5. The van der Waals surface area contributed by atoms with Crippen LogP contribution in [-0.4, -0.2) is 86.1 Å². The molecule has 0 radical (unpaired) electrons. The Kier molecular flexibility index (Phi) is 7.25. The van der Waals surface area contributed by atoms with E-state index in [0.717, 1.165) is 39.3 Å². The van der Waals surface area contributed by atoms with Crippen LogP contribution in [0.2, 0.25) is 0 Å². The van der Waals surface area contributed by atoms with Crippen molar-refractivity contribution in [3.05, 3.63) is 0 Å². The molecule has 1 aliphatic rings. The summed E-state index contributed by atoms with van der Waals surface area (Å²) in [6, 6.07) is 0. The van der Waals surface area contributed by atoms with E-state index in [2.05, 4.69) is 35.9 Å². The monoisotopic (exact) mass is 273 g/mol. The molecule has 2 N–H and O–H groups in total. The van der Waals surface area contributed by atoms with Gasteiger partial charge in [0, 0.05) is 58.5 Å². The zero-order valence-corrected chi connectivity index (χ0v) is 13.0. The lowest BCUT2D eigenvalue weighted by Crippen LogP contribution is -2.55. The molecule has 0 saturated carbocycles. The van der Waals surface area contributed by atoms with Gasteiger partial charge in [0.1, 0.15) is 0 Å². The van der Waals surface area contributed by atoms with Gasteiger partial charge in [-0.25, -0.2) is 0 Å². The third kappa shape index (κ3) is 6.68. The summed E-state index contributed by atoms with van der Waals surface area (Å²) in [5, 5.41) is 13.2. The van der Waals surface area contributed by atoms with E-state index in [1.165, 1.54) is 0 Å². The third-order valence-corrected chi connectivity index (χ3v) is 3.65. The number of rotatable bonds is 7. The quantitative estimate of drug-likeness (QED) is 0.640. The number of nitrogens with zero attached hydrogens (tertiary/aromatic N) is 2. The summed E-state index contributed by atoms with van der Waals surface area (Å²) in [5.41, 5.74) is 0.256. The fourth-order valence-electron chi connectivity index (χ4n) is 2.41. The molecular formula is C14H31N3O2. The summed E-state index contributed by atoms with van der Waals surface area (Å²) in [6.45, 7) is 14.0. The number of aliphatic hydroxyl groups is 1. The largest absolute Gasteiger partial charge is 0.390 e. The van der Waals surface area contributed by atoms with Gasteiger partial charge in [0.15, 0.2) is 0 Å². The summed E-state index contributed by atoms with van der Waals surface area (Å²) >= 11 is 0. The van der Waals surface area contributed by atoms with Crippen LogP contribution in [-0.2, 0) is 4.74 Å². The van der Waals surface area contributed by atoms with Crippen molar-refractivity contribution in [3.63, 3.8) is 0 Å². The van der Waals surface area contributed by atoms with Gasteiger partial charge in [-0.2, -0.15) is 0 Å². The van der Waals surface area contributed by atoms with E-state index >= 15 is 0 Å². The molecule has 114 valence electrons. The van der Waals surface area contributed by atoms with Gasteiger partial charge in [0.2, 0.25) is 0 Å². The SMILES string of the molecule is COCCNCC(O)CN1CCN(C(C)(C)C)CC1. The Hall–Kier alpha value is -0.200. The Morgan fingerprint density at radius 3 is 2.37 bits per heavy atom. The van der Waals surface area contributed by atoms with E-state index in [1.54, 1.807) is 7.11 Å². The van der Waals surface area contributed by atoms with E-state index < -0.39 is 0 Å². The minimum atomic E-state index is -0.293. The summed E-state index contributed by atoms with van der Waals surface area (Å²) < 4.78 is 4.96. The molecule has 1 heterocycles. The lowest BCUT2D eigenvalue weighted by Gasteiger charge is -2.42. The molecule has 0 aliphatic carbocycles. The number of piperazine rings is 1. The Labute approximate surface area is 117 Å². The third-order valence-electron chi connectivity index (χ3n) is 3.65. The summed E-state index contributed by atoms with van der Waals surface area (Å²) in [6.07, 6.45) is -0.293. The van der Waals surface area contributed by atoms with Crippen LogP contribution in [0.15, 0.2) is 0 Å². The lowest BCUT2D eigenvalue weighted by atomic mass is 10.0. The van der Waals surface area contributed by atoms with Crippen molar-refractivity contribution in [3.8, 4) is 0 Å². The van der Waals surface area contributed by atoms with Crippen molar-refractivity contribution in [2.24, 2.45) is 0 Å². The molecule has 0 amide bonds. The molecule has 0 aromatic carbocycles. The summed E-state index contributed by atoms with van der Waals surface area (Å²) in [7, 11) is 1.69. The van der Waals surface area contributed by atoms with E-state index in [-0.39, 0.29) is 11.6 Å². The van der Waals surface area contributed by atoms with Crippen LogP contribution in [0.25, 0.3) is 0 Å². The maximum Gasteiger partial charge on any atom is 0.0791 e. The summed E-state index contributed by atoms with van der Waals surface area (Å²) in [4.78, 5) is 4.86. The molecule has 0 bridgehead atoms. The number of ether oxygens (including phenoxy) is 1. The number of β-amino-alcohol motifs (C(OH)–C–C–N with tert-alkyl or cyclic N) is 1. The second kappa shape index (κ2) is 8.17. The molecule has 0 aromatic heterocycles. The first kappa shape index (κ1) is 16.9. The van der Waals surface area contributed by atoms with Crippen molar-refractivity contribution in [1.29, 1.82) is 0 Å². The van der Waals surface area contributed by atoms with Crippen molar-refractivity contribution in [2.45, 2.75) is 32.4 Å². The van der Waals surface area contributed by atoms with Gasteiger partial charge in [0.25, 0.3) is 0 Å². The van der Waals surface area contributed by atoms with Crippen LogP contribution in [0.4, 0.5) is 0 Å². The molecule has 5 nitrogen and oxygen atoms in total. The van der Waals surface area contributed by atoms with Crippen LogP contribution >= 0.6 is 0 Å². The van der Waals surface area contributed by atoms with Crippen LogP contribution in [0.1, 0.15) is 20.8 Å². The first-order valence-corrected chi connectivity index (χ1v) is 7.28. The molecule has 1 atom stereocenters. The Morgan fingerprint density at radius 2 is 1.84 bits per heavy atom. The smallest absolute Gasteiger partial charge is 0.0791 e. The van der Waals surface area contributed by atoms with Crippen LogP contribution in [0.5, 0.6) is 0 Å². The van der Waals surface area contributed by atoms with Crippen LogP contribution in [0, 0.1) is 0 Å². The predicted molar refractivity (Wildman–Crippen MR) is 78.5 cm³/mol. The second-order valence-electron chi connectivity index (χ2n) is 6.31. The Balaban J connectivity index is 2.14. The van der Waals surface area contributed by atoms with E-state index in [4.69, 9.17) is 4.74 Å². The van der Waals surface area contributed by atoms with Crippen LogP contribution in [0.3, 0.4) is 0 Å². The minimum absolute atomic E-state index is 0.256. The average molecular weight is 273 g/mol. The molecule has 1 aliphatic heterocycles. The topological polar surface area (TPSA) is 48.0 Å². The van der Waals surface area contributed by atoms with Crippen molar-refractivity contribution >= 4 is 0 Å². The lowest BCUT2D eigenvalue weighted by molar-refractivity contribution is 0.0364. The van der Waals surface area contributed by atoms with Crippen molar-refractivity contribution in [2.75, 3.05) is 59.5 Å². The molecule has 19 heavy (non-hydrogen) atoms. The molecular weight excluding hydrogens is 242 g/mol. The highest BCUT2D eigenvalue weighted by atomic mass is 16.5. The number of methoxy groups -OCH3 is 1. The van der Waals surface area contributed by atoms with Gasteiger partial charge in [-0.1, -0.05) is 0 Å². The maximum atomic E-state index is 9.97. The highest BCUT2D eigenvalue weighted by Gasteiger charge is 2.26. The first-order valence-electron chi connectivity index (χ1n) is 7.28. The van der Waals surface area contributed by atoms with Gasteiger partial charge >= 0.3 is 0 Å². The number of aliphatic hydroxyl groups excluding tert-OH is 1. The van der Waals surface area contributed by atoms with E-state index in [0.29, 0.717) is 13.2 Å². The van der Waals surface area contributed by atoms with Crippen molar-refractivity contribution < 1.29 is 9.84 Å². The normalized spacial score (nSPS) is 20.7. The van der Waals surface area contributed by atoms with E-state index in [9.17, 15) is 5.11 Å². The highest BCUT2D eigenvalue weighted by Crippen LogP contribution is 2.15. The number of hydrogen-bond donors (Lipinski definition) is 2. The first-order chi connectivity index (χ1) is 8.93. The zero-order chi connectivity index (χ0) is 14.3. The van der Waals surface area contributed by atoms with Gasteiger partial charge in [0.05, 0.1) is 12.7 Å². The minimum Gasteiger partial charge on any atom is -0.390 e. The van der Waals surface area contributed by atoms with Gasteiger partial charge < -0.3 is 15.2 Å². The summed E-state index contributed by atoms with van der Waals surface area (Å²) in [5.74, 6) is 0. The standard InChI is InChI=1S/C14H31N3O2/c1-14(2,3)17-8-6-16(7-9-17)12-13(18)11-15-5-10-19-4/h13,15,18H,5-12H2,1-4H3. The average Bonchev–Trinajstić information content (AvgIpc) is 2.34. The molecule has 0 spiro atoms. The highest BCUT2D eigenvalue weighted by molar-refractivity contribution is 4.82. The van der Waals surface area contributed by atoms with Gasteiger partial charge in [-0.05, 0) is 20.8 Å². The predicted octanol–water partition coefficient (Wildman–Crippen LogP) is -0.000600. The second-order valence-corrected chi connectivity index (χ2v) is 6.31. The van der Waals surface area contributed by atoms with Crippen LogP contribution < -0.4 is 5.32 Å². The molecule has 0 aromatic rings. The zero-order valence-electron chi connectivity index (χ0n) is 13.0. The number of nitrogens with one attached hydrogen (secondary N) is 1. The molecule has 1 rings (SSSR count). The molecule has 5 heteroatoms. The van der Waals surface area contributed by atoms with E-state index in [1.807, 2.05) is 0 Å². The van der Waals surface area contributed by atoms with Crippen molar-refractivity contribution in [1.82, 2.24) is 15.1 Å². The fraction of sp³-hybridized carbons (Fsp3) is 1.00. The molecule has 1 unspecified atom stereocenters. The Bertz CT molecular complexity index is 235. The van der Waals surface area contributed by atoms with Gasteiger partial charge in [-0.3, -0.25) is 9.80 Å². The Morgan fingerprint density at radius 1 is 1.21 bits per heavy atom. The maximum absolute atomic E-state index is 9.97. The molecule has 1 saturated heterocycles. The molecule has 1 fully saturated rings. The fourth-order valence-corrected chi connectivity index (χ4v) is 2.41.